The van der Waals surface area contributed by atoms with Gasteiger partial charge in [-0.2, -0.15) is 4.39 Å². The lowest BCUT2D eigenvalue weighted by molar-refractivity contribution is 0.209. The van der Waals surface area contributed by atoms with Gasteiger partial charge in [-0.15, -0.1) is 0 Å². The van der Waals surface area contributed by atoms with Crippen LogP contribution in [0, 0.1) is 5.95 Å². The van der Waals surface area contributed by atoms with Gasteiger partial charge in [-0.3, -0.25) is 4.90 Å². The molecule has 1 aromatic heterocycles. The van der Waals surface area contributed by atoms with Gasteiger partial charge in [-0.25, -0.2) is 4.98 Å². The molecule has 3 rings (SSSR count). The summed E-state index contributed by atoms with van der Waals surface area (Å²) in [6.45, 7) is 8.64. The Bertz CT molecular complexity index is 710. The number of anilines is 2. The highest BCUT2D eigenvalue weighted by Gasteiger charge is 2.19. The topological polar surface area (TPSA) is 45.4 Å². The van der Waals surface area contributed by atoms with Gasteiger partial charge in [0.25, 0.3) is 0 Å². The van der Waals surface area contributed by atoms with Crippen LogP contribution in [0.2, 0.25) is 0 Å². The predicted molar refractivity (Wildman–Crippen MR) is 101 cm³/mol. The maximum absolute atomic E-state index is 14.1. The zero-order valence-corrected chi connectivity index (χ0v) is 15.6. The number of piperazine rings is 1. The number of aromatic nitrogens is 1. The average Bonchev–Trinajstić information content (AvgIpc) is 2.58. The Morgan fingerprint density at radius 3 is 2.33 bits per heavy atom. The van der Waals surface area contributed by atoms with Crippen LogP contribution in [0.4, 0.5) is 15.9 Å². The van der Waals surface area contributed by atoms with Crippen molar-refractivity contribution in [1.29, 1.82) is 0 Å². The van der Waals surface area contributed by atoms with Crippen LogP contribution in [0.5, 0.6) is 0 Å². The number of benzene rings is 1. The highest BCUT2D eigenvalue weighted by molar-refractivity contribution is 9.10. The van der Waals surface area contributed by atoms with Crippen molar-refractivity contribution < 1.29 is 4.39 Å². The normalized spacial score (nSPS) is 16.0. The number of nitrogens with zero attached hydrogens (tertiary/aromatic N) is 3. The van der Waals surface area contributed by atoms with Crippen LogP contribution in [-0.2, 0) is 0 Å². The minimum Gasteiger partial charge on any atom is -0.383 e. The predicted octanol–water partition coefficient (Wildman–Crippen LogP) is 3.76. The van der Waals surface area contributed by atoms with Crippen molar-refractivity contribution >= 4 is 27.4 Å². The fourth-order valence-electron chi connectivity index (χ4n) is 3.03. The van der Waals surface area contributed by atoms with E-state index in [4.69, 9.17) is 5.73 Å². The molecule has 0 amide bonds. The van der Waals surface area contributed by atoms with E-state index >= 15 is 0 Å². The fourth-order valence-corrected chi connectivity index (χ4v) is 3.35. The molecule has 0 radical (unpaired) electrons. The molecule has 2 heterocycles. The van der Waals surface area contributed by atoms with Gasteiger partial charge in [-0.05, 0) is 53.5 Å². The molecule has 0 bridgehead atoms. The zero-order valence-electron chi connectivity index (χ0n) is 14.0. The minimum atomic E-state index is -0.547. The molecule has 1 saturated heterocycles. The third kappa shape index (κ3) is 3.54. The first kappa shape index (κ1) is 17.2. The standard InChI is InChI=1S/C18H22BrFN4/c1-12(2)23-7-9-24(10-8-23)14-5-3-13(4-6-14)15-11-16(19)18(21)22-17(15)20/h3-6,11-12H,7-10H2,1-2H3,(H2,21,22). The maximum Gasteiger partial charge on any atom is 0.222 e. The van der Waals surface area contributed by atoms with Crippen LogP contribution in [0.15, 0.2) is 34.8 Å². The van der Waals surface area contributed by atoms with Gasteiger partial charge in [0.1, 0.15) is 5.82 Å². The van der Waals surface area contributed by atoms with E-state index in [1.165, 1.54) is 5.69 Å². The quantitative estimate of drug-likeness (QED) is 0.807. The molecular weight excluding hydrogens is 371 g/mol. The second kappa shape index (κ2) is 7.07. The zero-order chi connectivity index (χ0) is 17.3. The minimum absolute atomic E-state index is 0.163. The average molecular weight is 393 g/mol. The lowest BCUT2D eigenvalue weighted by atomic mass is 10.1. The highest BCUT2D eigenvalue weighted by atomic mass is 79.9. The van der Waals surface area contributed by atoms with E-state index in [1.807, 2.05) is 24.3 Å². The van der Waals surface area contributed by atoms with Gasteiger partial charge in [0.2, 0.25) is 5.95 Å². The Balaban J connectivity index is 1.76. The van der Waals surface area contributed by atoms with E-state index in [0.717, 1.165) is 31.7 Å². The monoisotopic (exact) mass is 392 g/mol. The molecule has 0 aliphatic carbocycles. The summed E-state index contributed by atoms with van der Waals surface area (Å²) in [6, 6.07) is 10.2. The van der Waals surface area contributed by atoms with E-state index in [0.29, 0.717) is 16.1 Å². The third-order valence-corrected chi connectivity index (χ3v) is 5.18. The lowest BCUT2D eigenvalue weighted by Gasteiger charge is -2.38. The van der Waals surface area contributed by atoms with E-state index in [2.05, 4.69) is 44.6 Å². The lowest BCUT2D eigenvalue weighted by Crippen LogP contribution is -2.48. The van der Waals surface area contributed by atoms with Crippen molar-refractivity contribution in [2.75, 3.05) is 36.8 Å². The first-order chi connectivity index (χ1) is 11.5. The summed E-state index contributed by atoms with van der Waals surface area (Å²) in [7, 11) is 0. The molecule has 1 aromatic carbocycles. The van der Waals surface area contributed by atoms with E-state index < -0.39 is 5.95 Å². The molecule has 1 aliphatic heterocycles. The number of nitrogens with two attached hydrogens (primary N) is 1. The Morgan fingerprint density at radius 1 is 1.12 bits per heavy atom. The van der Waals surface area contributed by atoms with E-state index in [1.54, 1.807) is 6.07 Å². The highest BCUT2D eigenvalue weighted by Crippen LogP contribution is 2.29. The molecule has 2 N–H and O–H groups in total. The van der Waals surface area contributed by atoms with Gasteiger partial charge in [-0.1, -0.05) is 12.1 Å². The third-order valence-electron chi connectivity index (χ3n) is 4.54. The molecule has 4 nitrogen and oxygen atoms in total. The molecule has 1 aliphatic rings. The Morgan fingerprint density at radius 2 is 1.75 bits per heavy atom. The van der Waals surface area contributed by atoms with Crippen molar-refractivity contribution in [1.82, 2.24) is 9.88 Å². The molecule has 6 heteroatoms. The van der Waals surface area contributed by atoms with Crippen molar-refractivity contribution in [2.24, 2.45) is 0 Å². The molecule has 24 heavy (non-hydrogen) atoms. The number of pyridine rings is 1. The van der Waals surface area contributed by atoms with Crippen LogP contribution in [0.1, 0.15) is 13.8 Å². The number of halogens is 2. The van der Waals surface area contributed by atoms with Crippen LogP contribution in [0.3, 0.4) is 0 Å². The summed E-state index contributed by atoms with van der Waals surface area (Å²) in [5.41, 5.74) is 8.03. The largest absolute Gasteiger partial charge is 0.383 e. The van der Waals surface area contributed by atoms with Gasteiger partial charge in [0, 0.05) is 43.5 Å². The van der Waals surface area contributed by atoms with Crippen LogP contribution < -0.4 is 10.6 Å². The van der Waals surface area contributed by atoms with Gasteiger partial charge < -0.3 is 10.6 Å². The Hall–Kier alpha value is -1.66. The number of rotatable bonds is 3. The second-order valence-corrected chi connectivity index (χ2v) is 7.21. The molecule has 0 saturated carbocycles. The smallest absolute Gasteiger partial charge is 0.222 e. The van der Waals surface area contributed by atoms with Crippen LogP contribution in [0.25, 0.3) is 11.1 Å². The molecule has 0 spiro atoms. The van der Waals surface area contributed by atoms with E-state index in [9.17, 15) is 4.39 Å². The summed E-state index contributed by atoms with van der Waals surface area (Å²) in [4.78, 5) is 8.59. The fraction of sp³-hybridized carbons (Fsp3) is 0.389. The van der Waals surface area contributed by atoms with Gasteiger partial charge in [0.15, 0.2) is 0 Å². The second-order valence-electron chi connectivity index (χ2n) is 6.36. The Kier molecular flexibility index (Phi) is 5.06. The number of hydrogen-bond donors (Lipinski definition) is 1. The molecule has 0 atom stereocenters. The van der Waals surface area contributed by atoms with Crippen LogP contribution in [-0.4, -0.2) is 42.1 Å². The summed E-state index contributed by atoms with van der Waals surface area (Å²) in [5.74, 6) is -0.384. The summed E-state index contributed by atoms with van der Waals surface area (Å²) in [6.07, 6.45) is 0. The summed E-state index contributed by atoms with van der Waals surface area (Å²) >= 11 is 3.30. The van der Waals surface area contributed by atoms with Crippen molar-refractivity contribution in [2.45, 2.75) is 19.9 Å². The summed E-state index contributed by atoms with van der Waals surface area (Å²) in [5, 5.41) is 0. The Labute approximate surface area is 150 Å². The van der Waals surface area contributed by atoms with Crippen molar-refractivity contribution in [3.05, 3.63) is 40.8 Å². The molecule has 0 unspecified atom stereocenters. The van der Waals surface area contributed by atoms with Crippen molar-refractivity contribution in [3.63, 3.8) is 0 Å². The number of hydrogen-bond acceptors (Lipinski definition) is 4. The molecule has 2 aromatic rings. The first-order valence-electron chi connectivity index (χ1n) is 8.16. The first-order valence-corrected chi connectivity index (χ1v) is 8.96. The SMILES string of the molecule is CC(C)N1CCN(c2ccc(-c3cc(Br)c(N)nc3F)cc2)CC1. The molecule has 1 fully saturated rings. The van der Waals surface area contributed by atoms with Crippen molar-refractivity contribution in [3.8, 4) is 11.1 Å². The van der Waals surface area contributed by atoms with Crippen LogP contribution >= 0.6 is 15.9 Å². The van der Waals surface area contributed by atoms with Gasteiger partial charge in [0.05, 0.1) is 4.47 Å². The summed E-state index contributed by atoms with van der Waals surface area (Å²) < 4.78 is 14.7. The molecular formula is C18H22BrFN4. The number of nitrogen functional groups attached to an aromatic ring is 1. The maximum atomic E-state index is 14.1. The van der Waals surface area contributed by atoms with E-state index in [-0.39, 0.29) is 5.82 Å². The molecule has 128 valence electrons. The van der Waals surface area contributed by atoms with Gasteiger partial charge >= 0.3 is 0 Å².